The molecule has 0 aromatic carbocycles. The van der Waals surface area contributed by atoms with Crippen LogP contribution in [0.2, 0.25) is 0 Å². The summed E-state index contributed by atoms with van der Waals surface area (Å²) in [6.45, 7) is 6.00. The van der Waals surface area contributed by atoms with Crippen LogP contribution in [0.5, 0.6) is 0 Å². The predicted octanol–water partition coefficient (Wildman–Crippen LogP) is 1.18. The Morgan fingerprint density at radius 1 is 1.43 bits per heavy atom. The maximum Gasteiger partial charge on any atom is 0.238 e. The third-order valence-electron chi connectivity index (χ3n) is 4.37. The molecule has 1 aliphatic heterocycles. The number of anilines is 1. The monoisotopic (exact) mass is 293 g/mol. The molecule has 1 aromatic heterocycles. The van der Waals surface area contributed by atoms with Crippen LogP contribution in [0.1, 0.15) is 37.1 Å². The number of hydrogen-bond acceptors (Lipinski definition) is 4. The van der Waals surface area contributed by atoms with E-state index in [1.54, 1.807) is 4.68 Å². The lowest BCUT2D eigenvalue weighted by Gasteiger charge is -2.35. The van der Waals surface area contributed by atoms with Crippen LogP contribution in [0.25, 0.3) is 0 Å². The van der Waals surface area contributed by atoms with Gasteiger partial charge in [0, 0.05) is 13.1 Å². The average Bonchev–Trinajstić information content (AvgIpc) is 2.68. The second-order valence-corrected chi connectivity index (χ2v) is 5.92. The number of likely N-dealkylation sites (tertiary alicyclic amines) is 1. The van der Waals surface area contributed by atoms with E-state index >= 15 is 0 Å². The number of nitrogens with zero attached hydrogens (tertiary/aromatic N) is 3. The number of rotatable bonds is 5. The first-order valence-corrected chi connectivity index (χ1v) is 7.77. The molecule has 21 heavy (non-hydrogen) atoms. The maximum atomic E-state index is 12.3. The van der Waals surface area contributed by atoms with Crippen molar-refractivity contribution in [3.63, 3.8) is 0 Å². The van der Waals surface area contributed by atoms with E-state index in [2.05, 4.69) is 15.3 Å². The summed E-state index contributed by atoms with van der Waals surface area (Å²) in [7, 11) is 1.89. The zero-order valence-corrected chi connectivity index (χ0v) is 13.4. The summed E-state index contributed by atoms with van der Waals surface area (Å²) in [5, 5.41) is 7.34. The highest BCUT2D eigenvalue weighted by Crippen LogP contribution is 2.21. The highest BCUT2D eigenvalue weighted by molar-refractivity contribution is 5.93. The van der Waals surface area contributed by atoms with Gasteiger partial charge in [0.15, 0.2) is 0 Å². The summed E-state index contributed by atoms with van der Waals surface area (Å²) >= 11 is 0. The number of carbonyl (C=O) groups is 1. The van der Waals surface area contributed by atoms with Crippen molar-refractivity contribution in [2.75, 3.05) is 25.0 Å². The number of aromatic nitrogens is 2. The molecule has 0 spiro atoms. The first kappa shape index (κ1) is 16.0. The van der Waals surface area contributed by atoms with Crippen LogP contribution in [0.3, 0.4) is 0 Å². The quantitative estimate of drug-likeness (QED) is 0.854. The van der Waals surface area contributed by atoms with Crippen LogP contribution in [-0.2, 0) is 11.8 Å². The second-order valence-electron chi connectivity index (χ2n) is 5.92. The summed E-state index contributed by atoms with van der Waals surface area (Å²) in [6.07, 6.45) is 4.52. The van der Waals surface area contributed by atoms with Gasteiger partial charge in [0.05, 0.1) is 23.6 Å². The zero-order valence-electron chi connectivity index (χ0n) is 13.4. The van der Waals surface area contributed by atoms with Gasteiger partial charge in [-0.3, -0.25) is 14.4 Å². The standard InChI is InChI=1S/C15H27N5O/c1-11-15(12(2)19(3)18-11)17-14(21)10-20-9-5-4-6-13(20)7-8-16/h13H,4-10,16H2,1-3H3,(H,17,21). The Morgan fingerprint density at radius 2 is 2.19 bits per heavy atom. The van der Waals surface area contributed by atoms with Crippen LogP contribution in [0.4, 0.5) is 5.69 Å². The van der Waals surface area contributed by atoms with Crippen LogP contribution < -0.4 is 11.1 Å². The largest absolute Gasteiger partial charge is 0.330 e. The van der Waals surface area contributed by atoms with Crippen molar-refractivity contribution in [3.8, 4) is 0 Å². The lowest BCUT2D eigenvalue weighted by Crippen LogP contribution is -2.44. The van der Waals surface area contributed by atoms with Crippen molar-refractivity contribution in [1.82, 2.24) is 14.7 Å². The first-order valence-electron chi connectivity index (χ1n) is 7.77. The Kier molecular flexibility index (Phi) is 5.36. The summed E-state index contributed by atoms with van der Waals surface area (Å²) in [5.74, 6) is 0.0399. The SMILES string of the molecule is Cc1nn(C)c(C)c1NC(=O)CN1CCCCC1CCN. The number of aryl methyl sites for hydroxylation is 2. The average molecular weight is 293 g/mol. The summed E-state index contributed by atoms with van der Waals surface area (Å²) in [5.41, 5.74) is 8.37. The minimum Gasteiger partial charge on any atom is -0.330 e. The van der Waals surface area contributed by atoms with Crippen molar-refractivity contribution in [1.29, 1.82) is 0 Å². The first-order chi connectivity index (χ1) is 10.0. The molecular weight excluding hydrogens is 266 g/mol. The molecule has 6 nitrogen and oxygen atoms in total. The van der Waals surface area contributed by atoms with Crippen molar-refractivity contribution >= 4 is 11.6 Å². The van der Waals surface area contributed by atoms with E-state index in [4.69, 9.17) is 5.73 Å². The molecule has 1 atom stereocenters. The van der Waals surface area contributed by atoms with E-state index < -0.39 is 0 Å². The van der Waals surface area contributed by atoms with Gasteiger partial charge in [0.2, 0.25) is 5.91 Å². The van der Waals surface area contributed by atoms with Crippen LogP contribution >= 0.6 is 0 Å². The highest BCUT2D eigenvalue weighted by Gasteiger charge is 2.24. The van der Waals surface area contributed by atoms with Crippen LogP contribution in [0, 0.1) is 13.8 Å². The fourth-order valence-electron chi connectivity index (χ4n) is 3.11. The maximum absolute atomic E-state index is 12.3. The molecule has 1 saturated heterocycles. The van der Waals surface area contributed by atoms with Crippen molar-refractivity contribution in [2.45, 2.75) is 45.6 Å². The Morgan fingerprint density at radius 3 is 2.81 bits per heavy atom. The molecule has 6 heteroatoms. The molecular formula is C15H27N5O. The van der Waals surface area contributed by atoms with Gasteiger partial charge in [-0.15, -0.1) is 0 Å². The third kappa shape index (κ3) is 3.83. The number of nitrogens with one attached hydrogen (secondary N) is 1. The normalized spacial score (nSPS) is 19.7. The Bertz CT molecular complexity index is 494. The molecule has 1 amide bonds. The number of carbonyl (C=O) groups excluding carboxylic acids is 1. The molecule has 1 fully saturated rings. The van der Waals surface area contributed by atoms with Crippen LogP contribution in [0.15, 0.2) is 0 Å². The van der Waals surface area contributed by atoms with Crippen LogP contribution in [-0.4, -0.2) is 46.3 Å². The molecule has 0 radical (unpaired) electrons. The van der Waals surface area contributed by atoms with Crippen molar-refractivity contribution < 1.29 is 4.79 Å². The van der Waals surface area contributed by atoms with E-state index in [9.17, 15) is 4.79 Å². The van der Waals surface area contributed by atoms with Gasteiger partial charge < -0.3 is 11.1 Å². The van der Waals surface area contributed by atoms with E-state index in [0.717, 1.165) is 36.5 Å². The molecule has 1 unspecified atom stereocenters. The molecule has 0 saturated carbocycles. The van der Waals surface area contributed by atoms with E-state index in [-0.39, 0.29) is 5.91 Å². The van der Waals surface area contributed by atoms with E-state index in [1.807, 2.05) is 20.9 Å². The van der Waals surface area contributed by atoms with Gasteiger partial charge in [0.1, 0.15) is 0 Å². The third-order valence-corrected chi connectivity index (χ3v) is 4.37. The predicted molar refractivity (Wildman–Crippen MR) is 84.2 cm³/mol. The summed E-state index contributed by atoms with van der Waals surface area (Å²) in [6, 6.07) is 0.450. The van der Waals surface area contributed by atoms with Gasteiger partial charge in [-0.05, 0) is 46.2 Å². The lowest BCUT2D eigenvalue weighted by molar-refractivity contribution is -0.118. The minimum absolute atomic E-state index is 0.0399. The van der Waals surface area contributed by atoms with Crippen molar-refractivity contribution in [2.24, 2.45) is 12.8 Å². The number of amides is 1. The van der Waals surface area contributed by atoms with Gasteiger partial charge in [0.25, 0.3) is 0 Å². The molecule has 0 aliphatic carbocycles. The topological polar surface area (TPSA) is 76.2 Å². The van der Waals surface area contributed by atoms with E-state index in [1.165, 1.54) is 12.8 Å². The minimum atomic E-state index is 0.0399. The summed E-state index contributed by atoms with van der Waals surface area (Å²) < 4.78 is 1.79. The summed E-state index contributed by atoms with van der Waals surface area (Å²) in [4.78, 5) is 14.6. The molecule has 1 aromatic rings. The lowest BCUT2D eigenvalue weighted by atomic mass is 9.99. The Balaban J connectivity index is 1.97. The fraction of sp³-hybridized carbons (Fsp3) is 0.733. The Labute approximate surface area is 126 Å². The van der Waals surface area contributed by atoms with Gasteiger partial charge >= 0.3 is 0 Å². The fourth-order valence-corrected chi connectivity index (χ4v) is 3.11. The molecule has 118 valence electrons. The Hall–Kier alpha value is -1.40. The molecule has 3 N–H and O–H groups in total. The second kappa shape index (κ2) is 7.04. The highest BCUT2D eigenvalue weighted by atomic mass is 16.2. The van der Waals surface area contributed by atoms with Crippen molar-refractivity contribution in [3.05, 3.63) is 11.4 Å². The van der Waals surface area contributed by atoms with E-state index in [0.29, 0.717) is 19.1 Å². The number of piperidine rings is 1. The molecule has 1 aliphatic rings. The zero-order chi connectivity index (χ0) is 15.4. The molecule has 2 heterocycles. The smallest absolute Gasteiger partial charge is 0.238 e. The molecule has 0 bridgehead atoms. The number of hydrogen-bond donors (Lipinski definition) is 2. The van der Waals surface area contributed by atoms with Gasteiger partial charge in [-0.2, -0.15) is 5.10 Å². The van der Waals surface area contributed by atoms with Gasteiger partial charge in [-0.25, -0.2) is 0 Å². The number of nitrogens with two attached hydrogens (primary N) is 1. The molecule has 2 rings (SSSR count). The van der Waals surface area contributed by atoms with Gasteiger partial charge in [-0.1, -0.05) is 6.42 Å².